The number of methoxy groups -OCH3 is 1. The van der Waals surface area contributed by atoms with E-state index in [2.05, 4.69) is 78.4 Å². The number of fused-ring (bicyclic) bond motifs is 5. The number of ether oxygens (including phenoxy) is 1. The third-order valence-corrected chi connectivity index (χ3v) is 6.94. The largest absolute Gasteiger partial charge is 0.496 e. The molecule has 4 rings (SSSR count). The lowest BCUT2D eigenvalue weighted by Gasteiger charge is -2.36. The standard InChI is InChI=1S/C24H33BrN2O2/c1-23(2,3)27-10-8-24(4,5)14-17-11-20-18-13-19(25)22(28-6)12-16(18)7-9-26(20)21(17)15-29-27/h11-13H,7-10,14-15H2,1-6H3. The van der Waals surface area contributed by atoms with Crippen molar-refractivity contribution in [3.63, 3.8) is 0 Å². The van der Waals surface area contributed by atoms with Gasteiger partial charge in [0.05, 0.1) is 11.6 Å². The summed E-state index contributed by atoms with van der Waals surface area (Å²) in [6.45, 7) is 14.0. The zero-order chi connectivity index (χ0) is 21.0. The summed E-state index contributed by atoms with van der Waals surface area (Å²) in [5.74, 6) is 0.906. The van der Waals surface area contributed by atoms with E-state index in [4.69, 9.17) is 9.57 Å². The van der Waals surface area contributed by atoms with E-state index in [9.17, 15) is 0 Å². The van der Waals surface area contributed by atoms with Crippen molar-refractivity contribution < 1.29 is 9.57 Å². The molecule has 1 aromatic carbocycles. The second-order valence-corrected chi connectivity index (χ2v) is 11.0. The highest BCUT2D eigenvalue weighted by molar-refractivity contribution is 9.10. The SMILES string of the molecule is COc1cc2c(cc1Br)-c1cc3c(n1CC2)CON(C(C)(C)C)CCC(C)(C)C3. The minimum Gasteiger partial charge on any atom is -0.496 e. The van der Waals surface area contributed by atoms with Gasteiger partial charge in [0.15, 0.2) is 0 Å². The van der Waals surface area contributed by atoms with Gasteiger partial charge in [-0.05, 0) is 90.7 Å². The second-order valence-electron chi connectivity index (χ2n) is 10.2. The van der Waals surface area contributed by atoms with Crippen molar-refractivity contribution in [3.8, 4) is 17.0 Å². The third kappa shape index (κ3) is 4.01. The molecule has 0 saturated carbocycles. The first kappa shape index (κ1) is 21.0. The highest BCUT2D eigenvalue weighted by atomic mass is 79.9. The van der Waals surface area contributed by atoms with Crippen LogP contribution < -0.4 is 4.74 Å². The fraction of sp³-hybridized carbons (Fsp3) is 0.583. The molecule has 158 valence electrons. The van der Waals surface area contributed by atoms with Crippen molar-refractivity contribution in [2.45, 2.75) is 72.6 Å². The number of nitrogens with zero attached hydrogens (tertiary/aromatic N) is 2. The topological polar surface area (TPSA) is 26.6 Å². The molecule has 0 N–H and O–H groups in total. The zero-order valence-corrected chi connectivity index (χ0v) is 20.1. The molecule has 2 aliphatic rings. The summed E-state index contributed by atoms with van der Waals surface area (Å²) in [6, 6.07) is 6.80. The van der Waals surface area contributed by atoms with Crippen LogP contribution in [0.15, 0.2) is 22.7 Å². The molecule has 0 amide bonds. The molecule has 0 spiro atoms. The molecule has 5 heteroatoms. The predicted octanol–water partition coefficient (Wildman–Crippen LogP) is 5.99. The van der Waals surface area contributed by atoms with Gasteiger partial charge in [-0.2, -0.15) is 5.06 Å². The van der Waals surface area contributed by atoms with Crippen LogP contribution in [0, 0.1) is 5.41 Å². The van der Waals surface area contributed by atoms with Gasteiger partial charge in [0.2, 0.25) is 0 Å². The fourth-order valence-electron chi connectivity index (χ4n) is 4.62. The number of hydrogen-bond donors (Lipinski definition) is 0. The van der Waals surface area contributed by atoms with Crippen LogP contribution in [-0.2, 0) is 30.8 Å². The van der Waals surface area contributed by atoms with Crippen LogP contribution in [0.3, 0.4) is 0 Å². The Morgan fingerprint density at radius 3 is 2.55 bits per heavy atom. The van der Waals surface area contributed by atoms with E-state index in [-0.39, 0.29) is 11.0 Å². The lowest BCUT2D eigenvalue weighted by molar-refractivity contribution is -0.222. The van der Waals surface area contributed by atoms with Crippen molar-refractivity contribution >= 4 is 15.9 Å². The normalized spacial score (nSPS) is 19.4. The fourth-order valence-corrected chi connectivity index (χ4v) is 5.12. The summed E-state index contributed by atoms with van der Waals surface area (Å²) in [5, 5.41) is 2.18. The van der Waals surface area contributed by atoms with E-state index in [1.165, 1.54) is 28.1 Å². The van der Waals surface area contributed by atoms with Crippen LogP contribution in [-0.4, -0.2) is 28.8 Å². The number of aromatic nitrogens is 1. The molecule has 0 aliphatic carbocycles. The van der Waals surface area contributed by atoms with E-state index < -0.39 is 0 Å². The van der Waals surface area contributed by atoms with Crippen LogP contribution in [0.1, 0.15) is 57.9 Å². The van der Waals surface area contributed by atoms with Gasteiger partial charge >= 0.3 is 0 Å². The number of hydroxylamine groups is 2. The lowest BCUT2D eigenvalue weighted by Crippen LogP contribution is -2.42. The quantitative estimate of drug-likeness (QED) is 0.522. The van der Waals surface area contributed by atoms with Crippen LogP contribution in [0.25, 0.3) is 11.3 Å². The number of rotatable bonds is 1. The summed E-state index contributed by atoms with van der Waals surface area (Å²) in [4.78, 5) is 6.40. The maximum atomic E-state index is 6.40. The molecule has 3 heterocycles. The van der Waals surface area contributed by atoms with E-state index in [1.54, 1.807) is 7.11 Å². The predicted molar refractivity (Wildman–Crippen MR) is 121 cm³/mol. The third-order valence-electron chi connectivity index (χ3n) is 6.32. The maximum absolute atomic E-state index is 6.40. The van der Waals surface area contributed by atoms with Gasteiger partial charge < -0.3 is 9.30 Å². The van der Waals surface area contributed by atoms with E-state index >= 15 is 0 Å². The Bertz CT molecular complexity index is 924. The highest BCUT2D eigenvalue weighted by Crippen LogP contribution is 2.41. The average molecular weight is 461 g/mol. The Labute approximate surface area is 183 Å². The van der Waals surface area contributed by atoms with E-state index in [0.717, 1.165) is 42.6 Å². The molecule has 0 radical (unpaired) electrons. The Hall–Kier alpha value is -1.30. The number of aryl methyl sites for hydroxylation is 1. The molecule has 2 aromatic rings. The molecule has 0 fully saturated rings. The monoisotopic (exact) mass is 460 g/mol. The Morgan fingerprint density at radius 2 is 1.86 bits per heavy atom. The van der Waals surface area contributed by atoms with Crippen molar-refractivity contribution in [1.29, 1.82) is 0 Å². The molecule has 0 atom stereocenters. The molecule has 0 unspecified atom stereocenters. The van der Waals surface area contributed by atoms with Gasteiger partial charge in [-0.25, -0.2) is 0 Å². The first-order chi connectivity index (χ1) is 13.6. The summed E-state index contributed by atoms with van der Waals surface area (Å²) in [5.41, 5.74) is 6.96. The summed E-state index contributed by atoms with van der Waals surface area (Å²) >= 11 is 3.68. The summed E-state index contributed by atoms with van der Waals surface area (Å²) < 4.78 is 9.01. The number of hydrogen-bond acceptors (Lipinski definition) is 3. The van der Waals surface area contributed by atoms with Gasteiger partial charge in [-0.3, -0.25) is 4.84 Å². The molecule has 4 nitrogen and oxygen atoms in total. The van der Waals surface area contributed by atoms with Crippen molar-refractivity contribution in [2.75, 3.05) is 13.7 Å². The number of benzene rings is 1. The van der Waals surface area contributed by atoms with Crippen LogP contribution >= 0.6 is 15.9 Å². The van der Waals surface area contributed by atoms with Gasteiger partial charge in [0, 0.05) is 35.6 Å². The molecule has 2 aliphatic heterocycles. The van der Waals surface area contributed by atoms with Gasteiger partial charge in [0.25, 0.3) is 0 Å². The van der Waals surface area contributed by atoms with Gasteiger partial charge in [-0.15, -0.1) is 0 Å². The van der Waals surface area contributed by atoms with Crippen molar-refractivity contribution in [3.05, 3.63) is 39.5 Å². The van der Waals surface area contributed by atoms with Gasteiger partial charge in [-0.1, -0.05) is 13.8 Å². The first-order valence-corrected chi connectivity index (χ1v) is 11.4. The molecular formula is C24H33BrN2O2. The Balaban J connectivity index is 1.79. The second kappa shape index (κ2) is 7.44. The van der Waals surface area contributed by atoms with Crippen molar-refractivity contribution in [2.24, 2.45) is 5.41 Å². The maximum Gasteiger partial charge on any atom is 0.133 e. The highest BCUT2D eigenvalue weighted by Gasteiger charge is 2.32. The van der Waals surface area contributed by atoms with E-state index in [1.807, 2.05) is 0 Å². The van der Waals surface area contributed by atoms with Gasteiger partial charge in [0.1, 0.15) is 12.4 Å². The zero-order valence-electron chi connectivity index (χ0n) is 18.6. The minimum absolute atomic E-state index is 0.00801. The number of halogens is 1. The summed E-state index contributed by atoms with van der Waals surface area (Å²) in [6.07, 6.45) is 3.21. The molecule has 0 bridgehead atoms. The van der Waals surface area contributed by atoms with Crippen LogP contribution in [0.5, 0.6) is 5.75 Å². The lowest BCUT2D eigenvalue weighted by atomic mass is 9.82. The average Bonchev–Trinajstić information content (AvgIpc) is 2.98. The molecular weight excluding hydrogens is 428 g/mol. The summed E-state index contributed by atoms with van der Waals surface area (Å²) in [7, 11) is 1.73. The molecule has 0 saturated heterocycles. The molecule has 1 aromatic heterocycles. The van der Waals surface area contributed by atoms with Crippen LogP contribution in [0.2, 0.25) is 0 Å². The Morgan fingerprint density at radius 1 is 1.10 bits per heavy atom. The van der Waals surface area contributed by atoms with E-state index in [0.29, 0.717) is 6.61 Å². The van der Waals surface area contributed by atoms with Crippen LogP contribution in [0.4, 0.5) is 0 Å². The minimum atomic E-state index is -0.00801. The van der Waals surface area contributed by atoms with Crippen molar-refractivity contribution in [1.82, 2.24) is 9.63 Å². The Kier molecular flexibility index (Phi) is 5.37. The first-order valence-electron chi connectivity index (χ1n) is 10.6. The molecule has 29 heavy (non-hydrogen) atoms. The smallest absolute Gasteiger partial charge is 0.133 e.